The van der Waals surface area contributed by atoms with Gasteiger partial charge in [-0.1, -0.05) is 29.3 Å². The number of halogens is 3. The number of anilines is 1. The summed E-state index contributed by atoms with van der Waals surface area (Å²) < 4.78 is 17.6. The predicted molar refractivity (Wildman–Crippen MR) is 81.5 cm³/mol. The lowest BCUT2D eigenvalue weighted by Gasteiger charge is -2.10. The number of carbonyl (C=O) groups excluding carboxylic acids is 1. The SMILES string of the molecule is COC(=O)c1cc(NCc2ccc(F)cc2Cl)ccc1Cl. The molecule has 0 unspecified atom stereocenters. The molecule has 0 saturated heterocycles. The van der Waals surface area contributed by atoms with Gasteiger partial charge in [0.1, 0.15) is 5.82 Å². The zero-order valence-electron chi connectivity index (χ0n) is 11.1. The van der Waals surface area contributed by atoms with Gasteiger partial charge in [-0.25, -0.2) is 9.18 Å². The van der Waals surface area contributed by atoms with E-state index in [1.807, 2.05) is 0 Å². The summed E-state index contributed by atoms with van der Waals surface area (Å²) in [5.41, 5.74) is 1.70. The van der Waals surface area contributed by atoms with Gasteiger partial charge in [0, 0.05) is 17.3 Å². The third-order valence-electron chi connectivity index (χ3n) is 2.87. The number of carbonyl (C=O) groups is 1. The molecule has 0 aliphatic heterocycles. The van der Waals surface area contributed by atoms with Crippen molar-refractivity contribution in [1.29, 1.82) is 0 Å². The van der Waals surface area contributed by atoms with Gasteiger partial charge in [-0.3, -0.25) is 0 Å². The van der Waals surface area contributed by atoms with Crippen molar-refractivity contribution in [3.8, 4) is 0 Å². The summed E-state index contributed by atoms with van der Waals surface area (Å²) in [4.78, 5) is 11.6. The Hall–Kier alpha value is -1.78. The van der Waals surface area contributed by atoms with Crippen LogP contribution in [0.5, 0.6) is 0 Å². The molecule has 0 aliphatic rings. The molecule has 0 aliphatic carbocycles. The predicted octanol–water partition coefficient (Wildman–Crippen LogP) is 4.53. The quantitative estimate of drug-likeness (QED) is 0.838. The standard InChI is InChI=1S/C15H12Cl2FNO2/c1-21-15(20)12-7-11(4-5-13(12)16)19-8-9-2-3-10(18)6-14(9)17/h2-7,19H,8H2,1H3. The van der Waals surface area contributed by atoms with Gasteiger partial charge in [0.05, 0.1) is 17.7 Å². The molecule has 2 aromatic carbocycles. The van der Waals surface area contributed by atoms with Crippen molar-refractivity contribution in [2.75, 3.05) is 12.4 Å². The minimum Gasteiger partial charge on any atom is -0.465 e. The number of esters is 1. The van der Waals surface area contributed by atoms with Gasteiger partial charge >= 0.3 is 5.97 Å². The lowest BCUT2D eigenvalue weighted by molar-refractivity contribution is 0.0601. The second-order valence-electron chi connectivity index (χ2n) is 4.28. The second kappa shape index (κ2) is 6.78. The largest absolute Gasteiger partial charge is 0.465 e. The molecule has 0 radical (unpaired) electrons. The van der Waals surface area contributed by atoms with E-state index in [0.717, 1.165) is 5.56 Å². The minimum atomic E-state index is -0.511. The Morgan fingerprint density at radius 3 is 2.62 bits per heavy atom. The molecule has 0 spiro atoms. The highest BCUT2D eigenvalue weighted by molar-refractivity contribution is 6.33. The summed E-state index contributed by atoms with van der Waals surface area (Å²) in [6.07, 6.45) is 0. The Labute approximate surface area is 131 Å². The van der Waals surface area contributed by atoms with Crippen molar-refractivity contribution in [1.82, 2.24) is 0 Å². The molecule has 0 heterocycles. The van der Waals surface area contributed by atoms with Gasteiger partial charge in [0.25, 0.3) is 0 Å². The van der Waals surface area contributed by atoms with Gasteiger partial charge in [-0.2, -0.15) is 0 Å². The summed E-state index contributed by atoms with van der Waals surface area (Å²) in [5, 5.41) is 3.74. The van der Waals surface area contributed by atoms with Crippen molar-refractivity contribution < 1.29 is 13.9 Å². The molecule has 2 rings (SSSR count). The first-order valence-corrected chi connectivity index (χ1v) is 6.82. The number of hydrogen-bond donors (Lipinski definition) is 1. The van der Waals surface area contributed by atoms with Crippen molar-refractivity contribution in [2.24, 2.45) is 0 Å². The highest BCUT2D eigenvalue weighted by atomic mass is 35.5. The molecule has 3 nitrogen and oxygen atoms in total. The Morgan fingerprint density at radius 1 is 1.19 bits per heavy atom. The van der Waals surface area contributed by atoms with Crippen LogP contribution in [0.25, 0.3) is 0 Å². The van der Waals surface area contributed by atoms with Crippen molar-refractivity contribution >= 4 is 34.9 Å². The summed E-state index contributed by atoms with van der Waals surface area (Å²) in [7, 11) is 1.29. The van der Waals surface area contributed by atoms with Crippen molar-refractivity contribution in [2.45, 2.75) is 6.54 Å². The number of benzene rings is 2. The average molecular weight is 328 g/mol. The second-order valence-corrected chi connectivity index (χ2v) is 5.09. The number of methoxy groups -OCH3 is 1. The van der Waals surface area contributed by atoms with E-state index in [1.54, 1.807) is 24.3 Å². The summed E-state index contributed by atoms with van der Waals surface area (Å²) >= 11 is 11.9. The summed E-state index contributed by atoms with van der Waals surface area (Å²) in [6, 6.07) is 9.10. The van der Waals surface area contributed by atoms with E-state index in [2.05, 4.69) is 10.1 Å². The monoisotopic (exact) mass is 327 g/mol. The van der Waals surface area contributed by atoms with Gasteiger partial charge in [0.2, 0.25) is 0 Å². The molecule has 6 heteroatoms. The third-order valence-corrected chi connectivity index (χ3v) is 3.55. The molecule has 0 atom stereocenters. The number of ether oxygens (including phenoxy) is 1. The molecular weight excluding hydrogens is 316 g/mol. The van der Waals surface area contributed by atoms with E-state index in [4.69, 9.17) is 23.2 Å². The molecule has 0 aromatic heterocycles. The fourth-order valence-electron chi connectivity index (χ4n) is 1.76. The topological polar surface area (TPSA) is 38.3 Å². The lowest BCUT2D eigenvalue weighted by Crippen LogP contribution is -2.05. The molecule has 1 N–H and O–H groups in total. The van der Waals surface area contributed by atoms with Crippen LogP contribution in [0, 0.1) is 5.82 Å². The first-order chi connectivity index (χ1) is 10.0. The van der Waals surface area contributed by atoms with Crippen LogP contribution in [0.1, 0.15) is 15.9 Å². The first-order valence-electron chi connectivity index (χ1n) is 6.07. The molecule has 0 saturated carbocycles. The van der Waals surface area contributed by atoms with E-state index >= 15 is 0 Å². The van der Waals surface area contributed by atoms with Gasteiger partial charge in [-0.05, 0) is 35.9 Å². The fourth-order valence-corrected chi connectivity index (χ4v) is 2.19. The number of nitrogens with one attached hydrogen (secondary N) is 1. The van der Waals surface area contributed by atoms with Crippen LogP contribution in [0.15, 0.2) is 36.4 Å². The minimum absolute atomic E-state index is 0.273. The van der Waals surface area contributed by atoms with Gasteiger partial charge in [0.15, 0.2) is 0 Å². The average Bonchev–Trinajstić information content (AvgIpc) is 2.47. The van der Waals surface area contributed by atoms with Crippen LogP contribution in [0.4, 0.5) is 10.1 Å². The van der Waals surface area contributed by atoms with Gasteiger partial charge < -0.3 is 10.1 Å². The number of rotatable bonds is 4. The maximum Gasteiger partial charge on any atom is 0.339 e. The van der Waals surface area contributed by atoms with Crippen LogP contribution >= 0.6 is 23.2 Å². The summed E-state index contributed by atoms with van der Waals surface area (Å²) in [6.45, 7) is 0.390. The normalized spacial score (nSPS) is 10.3. The van der Waals surface area contributed by atoms with Crippen LogP contribution in [-0.4, -0.2) is 13.1 Å². The zero-order chi connectivity index (χ0) is 15.4. The van der Waals surface area contributed by atoms with Gasteiger partial charge in [-0.15, -0.1) is 0 Å². The molecule has 0 amide bonds. The first kappa shape index (κ1) is 15.6. The molecule has 2 aromatic rings. The Morgan fingerprint density at radius 2 is 1.95 bits per heavy atom. The fraction of sp³-hybridized carbons (Fsp3) is 0.133. The van der Waals surface area contributed by atoms with E-state index in [9.17, 15) is 9.18 Å². The Bertz CT molecular complexity index is 677. The zero-order valence-corrected chi connectivity index (χ0v) is 12.6. The van der Waals surface area contributed by atoms with E-state index < -0.39 is 5.97 Å². The Kier molecular flexibility index (Phi) is 5.04. The smallest absolute Gasteiger partial charge is 0.339 e. The third kappa shape index (κ3) is 3.86. The molecule has 0 fully saturated rings. The molecule has 21 heavy (non-hydrogen) atoms. The van der Waals surface area contributed by atoms with E-state index in [-0.39, 0.29) is 11.4 Å². The van der Waals surface area contributed by atoms with E-state index in [0.29, 0.717) is 22.3 Å². The van der Waals surface area contributed by atoms with Crippen molar-refractivity contribution in [3.05, 3.63) is 63.4 Å². The maximum absolute atomic E-state index is 13.0. The van der Waals surface area contributed by atoms with E-state index in [1.165, 1.54) is 19.2 Å². The highest BCUT2D eigenvalue weighted by Crippen LogP contribution is 2.23. The van der Waals surface area contributed by atoms with Crippen LogP contribution in [0.2, 0.25) is 10.0 Å². The van der Waals surface area contributed by atoms with Crippen molar-refractivity contribution in [3.63, 3.8) is 0 Å². The van der Waals surface area contributed by atoms with Crippen LogP contribution in [0.3, 0.4) is 0 Å². The van der Waals surface area contributed by atoms with Crippen LogP contribution in [-0.2, 0) is 11.3 Å². The molecule has 110 valence electrons. The van der Waals surface area contributed by atoms with Crippen LogP contribution < -0.4 is 5.32 Å². The summed E-state index contributed by atoms with van der Waals surface area (Å²) in [5.74, 6) is -0.897. The number of hydrogen-bond acceptors (Lipinski definition) is 3. The lowest BCUT2D eigenvalue weighted by atomic mass is 10.1. The highest BCUT2D eigenvalue weighted by Gasteiger charge is 2.11. The maximum atomic E-state index is 13.0. The Balaban J connectivity index is 2.15. The molecular formula is C15H12Cl2FNO2. The molecule has 0 bridgehead atoms.